The largest absolute Gasteiger partial charge is 0.337 e. The van der Waals surface area contributed by atoms with Gasteiger partial charge in [-0.1, -0.05) is 30.3 Å². The van der Waals surface area contributed by atoms with E-state index in [-0.39, 0.29) is 6.03 Å². The SMILES string of the molecule is O=C(NCCc1ccccc1)Nc1ccc(F)cn1. The van der Waals surface area contributed by atoms with Crippen LogP contribution in [0, 0.1) is 5.82 Å². The normalized spacial score (nSPS) is 9.95. The molecule has 0 spiro atoms. The molecule has 19 heavy (non-hydrogen) atoms. The highest BCUT2D eigenvalue weighted by Gasteiger charge is 2.02. The topological polar surface area (TPSA) is 54.0 Å². The third-order valence-corrected chi connectivity index (χ3v) is 2.51. The molecule has 5 heteroatoms. The van der Waals surface area contributed by atoms with E-state index in [1.54, 1.807) is 0 Å². The van der Waals surface area contributed by atoms with Crippen LogP contribution in [0.15, 0.2) is 48.7 Å². The van der Waals surface area contributed by atoms with Crippen molar-refractivity contribution in [3.05, 3.63) is 60.0 Å². The molecule has 0 atom stereocenters. The predicted molar refractivity (Wildman–Crippen MR) is 71.4 cm³/mol. The van der Waals surface area contributed by atoms with Crippen LogP contribution < -0.4 is 10.6 Å². The second-order valence-electron chi connectivity index (χ2n) is 3.98. The number of hydrogen-bond donors (Lipinski definition) is 2. The molecule has 2 N–H and O–H groups in total. The number of carbonyl (C=O) groups is 1. The fourth-order valence-corrected chi connectivity index (χ4v) is 1.58. The molecule has 0 radical (unpaired) electrons. The Morgan fingerprint density at radius 1 is 1.16 bits per heavy atom. The fourth-order valence-electron chi connectivity index (χ4n) is 1.58. The summed E-state index contributed by atoms with van der Waals surface area (Å²) in [6.07, 6.45) is 1.81. The summed E-state index contributed by atoms with van der Waals surface area (Å²) in [7, 11) is 0. The van der Waals surface area contributed by atoms with Gasteiger partial charge < -0.3 is 5.32 Å². The number of carbonyl (C=O) groups excluding carboxylic acids is 1. The number of pyridine rings is 1. The molecular weight excluding hydrogens is 245 g/mol. The number of urea groups is 1. The summed E-state index contributed by atoms with van der Waals surface area (Å²) in [6, 6.07) is 12.2. The van der Waals surface area contributed by atoms with Crippen molar-refractivity contribution >= 4 is 11.8 Å². The Bertz CT molecular complexity index is 528. The third-order valence-electron chi connectivity index (χ3n) is 2.51. The molecule has 1 heterocycles. The van der Waals surface area contributed by atoms with Crippen molar-refractivity contribution in [2.24, 2.45) is 0 Å². The first-order valence-corrected chi connectivity index (χ1v) is 5.94. The van der Waals surface area contributed by atoms with E-state index in [4.69, 9.17) is 0 Å². The summed E-state index contributed by atoms with van der Waals surface area (Å²) < 4.78 is 12.6. The first-order valence-electron chi connectivity index (χ1n) is 5.94. The van der Waals surface area contributed by atoms with Gasteiger partial charge >= 0.3 is 6.03 Å². The minimum absolute atomic E-state index is 0.318. The van der Waals surface area contributed by atoms with Crippen LogP contribution in [-0.4, -0.2) is 17.6 Å². The zero-order chi connectivity index (χ0) is 13.5. The molecule has 98 valence electrons. The first kappa shape index (κ1) is 13.0. The van der Waals surface area contributed by atoms with Gasteiger partial charge in [-0.15, -0.1) is 0 Å². The lowest BCUT2D eigenvalue weighted by Gasteiger charge is -2.06. The number of rotatable bonds is 4. The smallest absolute Gasteiger partial charge is 0.320 e. The maximum absolute atomic E-state index is 12.6. The minimum atomic E-state index is -0.435. The van der Waals surface area contributed by atoms with Gasteiger partial charge in [0.05, 0.1) is 6.20 Å². The average molecular weight is 259 g/mol. The number of halogens is 1. The quantitative estimate of drug-likeness (QED) is 0.886. The summed E-state index contributed by atoms with van der Waals surface area (Å²) in [5.74, 6) is -0.117. The zero-order valence-electron chi connectivity index (χ0n) is 10.3. The van der Waals surface area contributed by atoms with Crippen molar-refractivity contribution in [3.63, 3.8) is 0 Å². The zero-order valence-corrected chi connectivity index (χ0v) is 10.3. The highest BCUT2D eigenvalue weighted by atomic mass is 19.1. The second kappa shape index (κ2) is 6.49. The van der Waals surface area contributed by atoms with Crippen LogP contribution in [0.2, 0.25) is 0 Å². The van der Waals surface area contributed by atoms with E-state index in [1.807, 2.05) is 30.3 Å². The Kier molecular flexibility index (Phi) is 4.44. The summed E-state index contributed by atoms with van der Waals surface area (Å²) in [4.78, 5) is 15.3. The van der Waals surface area contributed by atoms with Crippen molar-refractivity contribution in [2.45, 2.75) is 6.42 Å². The minimum Gasteiger partial charge on any atom is -0.337 e. The lowest BCUT2D eigenvalue weighted by molar-refractivity contribution is 0.252. The Hall–Kier alpha value is -2.43. The molecule has 0 aliphatic rings. The predicted octanol–water partition coefficient (Wildman–Crippen LogP) is 2.58. The summed E-state index contributed by atoms with van der Waals surface area (Å²) in [5, 5.41) is 5.24. The number of amides is 2. The highest BCUT2D eigenvalue weighted by molar-refractivity contribution is 5.88. The summed E-state index contributed by atoms with van der Waals surface area (Å²) in [5.41, 5.74) is 1.16. The van der Waals surface area contributed by atoms with Crippen LogP contribution in [0.5, 0.6) is 0 Å². The maximum atomic E-state index is 12.6. The lowest BCUT2D eigenvalue weighted by atomic mass is 10.1. The van der Waals surface area contributed by atoms with Crippen molar-refractivity contribution in [1.29, 1.82) is 0 Å². The number of aromatic nitrogens is 1. The molecule has 4 nitrogen and oxygen atoms in total. The molecule has 2 amide bonds. The molecule has 1 aromatic heterocycles. The van der Waals surface area contributed by atoms with Gasteiger partial charge in [-0.3, -0.25) is 5.32 Å². The van der Waals surface area contributed by atoms with Crippen molar-refractivity contribution in [1.82, 2.24) is 10.3 Å². The molecule has 2 aromatic rings. The molecule has 0 bridgehead atoms. The van der Waals surface area contributed by atoms with Crippen molar-refractivity contribution in [2.75, 3.05) is 11.9 Å². The van der Waals surface area contributed by atoms with Gasteiger partial charge in [0.15, 0.2) is 0 Å². The van der Waals surface area contributed by atoms with Crippen LogP contribution in [-0.2, 0) is 6.42 Å². The van der Waals surface area contributed by atoms with Crippen LogP contribution in [0.3, 0.4) is 0 Å². The van der Waals surface area contributed by atoms with Crippen LogP contribution >= 0.6 is 0 Å². The van der Waals surface area contributed by atoms with Gasteiger partial charge in [-0.25, -0.2) is 14.2 Å². The van der Waals surface area contributed by atoms with E-state index in [1.165, 1.54) is 12.1 Å². The molecule has 0 aliphatic carbocycles. The molecule has 0 aliphatic heterocycles. The Labute approximate surface area is 110 Å². The van der Waals surface area contributed by atoms with Crippen LogP contribution in [0.4, 0.5) is 15.0 Å². The van der Waals surface area contributed by atoms with Gasteiger partial charge in [0.25, 0.3) is 0 Å². The van der Waals surface area contributed by atoms with E-state index in [0.29, 0.717) is 12.4 Å². The number of anilines is 1. The molecule has 1 aromatic carbocycles. The highest BCUT2D eigenvalue weighted by Crippen LogP contribution is 2.03. The molecule has 0 fully saturated rings. The second-order valence-corrected chi connectivity index (χ2v) is 3.98. The van der Waals surface area contributed by atoms with Gasteiger partial charge in [-0.2, -0.15) is 0 Å². The van der Waals surface area contributed by atoms with Crippen molar-refractivity contribution < 1.29 is 9.18 Å². The Morgan fingerprint density at radius 2 is 1.95 bits per heavy atom. The fraction of sp³-hybridized carbons (Fsp3) is 0.143. The van der Waals surface area contributed by atoms with Crippen LogP contribution in [0.1, 0.15) is 5.56 Å². The average Bonchev–Trinajstić information content (AvgIpc) is 2.43. The summed E-state index contributed by atoms with van der Waals surface area (Å²) in [6.45, 7) is 0.525. The number of nitrogens with zero attached hydrogens (tertiary/aromatic N) is 1. The monoisotopic (exact) mass is 259 g/mol. The van der Waals surface area contributed by atoms with E-state index in [9.17, 15) is 9.18 Å². The Morgan fingerprint density at radius 3 is 2.63 bits per heavy atom. The molecule has 0 saturated heterocycles. The van der Waals surface area contributed by atoms with Gasteiger partial charge in [0.2, 0.25) is 0 Å². The van der Waals surface area contributed by atoms with E-state index >= 15 is 0 Å². The lowest BCUT2D eigenvalue weighted by Crippen LogP contribution is -2.30. The third kappa shape index (κ3) is 4.39. The standard InChI is InChI=1S/C14H14FN3O/c15-12-6-7-13(17-10-12)18-14(19)16-9-8-11-4-2-1-3-5-11/h1-7,10H,8-9H2,(H2,16,17,18,19). The number of benzene rings is 1. The van der Waals surface area contributed by atoms with Crippen LogP contribution in [0.25, 0.3) is 0 Å². The van der Waals surface area contributed by atoms with E-state index in [2.05, 4.69) is 15.6 Å². The maximum Gasteiger partial charge on any atom is 0.320 e. The van der Waals surface area contributed by atoms with E-state index in [0.717, 1.165) is 18.2 Å². The molecule has 0 saturated carbocycles. The molecule has 2 rings (SSSR count). The number of nitrogens with one attached hydrogen (secondary N) is 2. The molecular formula is C14H14FN3O. The Balaban J connectivity index is 1.74. The number of hydrogen-bond acceptors (Lipinski definition) is 2. The molecule has 0 unspecified atom stereocenters. The van der Waals surface area contributed by atoms with Gasteiger partial charge in [-0.05, 0) is 24.1 Å². The first-order chi connectivity index (χ1) is 9.24. The van der Waals surface area contributed by atoms with Gasteiger partial charge in [0, 0.05) is 6.54 Å². The van der Waals surface area contributed by atoms with Crippen molar-refractivity contribution in [3.8, 4) is 0 Å². The van der Waals surface area contributed by atoms with E-state index < -0.39 is 5.82 Å². The summed E-state index contributed by atoms with van der Waals surface area (Å²) >= 11 is 0. The van der Waals surface area contributed by atoms with Gasteiger partial charge in [0.1, 0.15) is 11.6 Å².